The molecule has 78 valence electrons. The van der Waals surface area contributed by atoms with Crippen molar-refractivity contribution in [2.45, 2.75) is 51.5 Å². The minimum Gasteiger partial charge on any atom is -0.312 e. The number of hydrogen-bond donors (Lipinski definition) is 1. The third-order valence-corrected chi connectivity index (χ3v) is 3.00. The van der Waals surface area contributed by atoms with Crippen LogP contribution in [0.5, 0.6) is 0 Å². The number of hydrogen-bond acceptors (Lipinski definition) is 1. The lowest BCUT2D eigenvalue weighted by atomic mass is 9.85. The summed E-state index contributed by atoms with van der Waals surface area (Å²) >= 11 is 0. The maximum atomic E-state index is 11.9. The van der Waals surface area contributed by atoms with E-state index in [1.165, 1.54) is 38.5 Å². The topological polar surface area (TPSA) is 12.0 Å². The van der Waals surface area contributed by atoms with E-state index in [2.05, 4.69) is 12.2 Å². The van der Waals surface area contributed by atoms with E-state index < -0.39 is 0 Å². The van der Waals surface area contributed by atoms with Crippen molar-refractivity contribution >= 4 is 0 Å². The Bertz CT molecular complexity index is 121. The van der Waals surface area contributed by atoms with Gasteiger partial charge in [-0.05, 0) is 19.3 Å². The molecule has 1 unspecified atom stereocenters. The monoisotopic (exact) mass is 187 g/mol. The van der Waals surface area contributed by atoms with Crippen LogP contribution in [-0.2, 0) is 0 Å². The summed E-state index contributed by atoms with van der Waals surface area (Å²) in [6.07, 6.45) is 8.24. The van der Waals surface area contributed by atoms with E-state index >= 15 is 0 Å². The van der Waals surface area contributed by atoms with E-state index in [0.717, 1.165) is 5.92 Å². The predicted octanol–water partition coefficient (Wildman–Crippen LogP) is 2.90. The molecule has 1 saturated carbocycles. The second-order valence-electron chi connectivity index (χ2n) is 4.28. The molecule has 0 amide bonds. The zero-order valence-electron chi connectivity index (χ0n) is 8.69. The summed E-state index contributed by atoms with van der Waals surface area (Å²) in [4.78, 5) is 0. The lowest BCUT2D eigenvalue weighted by Gasteiger charge is -2.24. The van der Waals surface area contributed by atoms with Crippen molar-refractivity contribution in [2.24, 2.45) is 5.92 Å². The molecular weight excluding hydrogens is 165 g/mol. The van der Waals surface area contributed by atoms with Gasteiger partial charge in [-0.25, -0.2) is 4.39 Å². The summed E-state index contributed by atoms with van der Waals surface area (Å²) in [5.74, 6) is 0.899. The summed E-state index contributed by atoms with van der Waals surface area (Å²) in [6.45, 7) is 2.45. The number of rotatable bonds is 5. The van der Waals surface area contributed by atoms with Crippen LogP contribution in [0, 0.1) is 5.92 Å². The molecular formula is C11H22FN. The Balaban J connectivity index is 2.07. The van der Waals surface area contributed by atoms with Gasteiger partial charge in [-0.3, -0.25) is 0 Å². The molecule has 13 heavy (non-hydrogen) atoms. The predicted molar refractivity (Wildman–Crippen MR) is 54.6 cm³/mol. The van der Waals surface area contributed by atoms with Gasteiger partial charge in [0.1, 0.15) is 6.67 Å². The fourth-order valence-electron chi connectivity index (χ4n) is 2.31. The molecule has 0 aromatic rings. The molecule has 0 aromatic carbocycles. The minimum absolute atomic E-state index is 0.241. The second kappa shape index (κ2) is 6.36. The third kappa shape index (κ3) is 4.61. The highest BCUT2D eigenvalue weighted by Gasteiger charge is 2.15. The highest BCUT2D eigenvalue weighted by molar-refractivity contribution is 4.71. The van der Waals surface area contributed by atoms with Gasteiger partial charge in [0.2, 0.25) is 0 Å². The molecule has 1 aliphatic rings. The van der Waals surface area contributed by atoms with Gasteiger partial charge >= 0.3 is 0 Å². The summed E-state index contributed by atoms with van der Waals surface area (Å²) in [5.41, 5.74) is 0. The molecule has 0 radical (unpaired) electrons. The van der Waals surface area contributed by atoms with E-state index in [1.54, 1.807) is 0 Å². The Morgan fingerprint density at radius 1 is 1.31 bits per heavy atom. The average Bonchev–Trinajstić information content (AvgIpc) is 2.16. The smallest absolute Gasteiger partial charge is 0.102 e. The van der Waals surface area contributed by atoms with Crippen LogP contribution in [0.4, 0.5) is 4.39 Å². The molecule has 1 rings (SSSR count). The Morgan fingerprint density at radius 2 is 2.00 bits per heavy atom. The first kappa shape index (κ1) is 11.0. The molecule has 1 aliphatic carbocycles. The molecule has 0 aromatic heterocycles. The van der Waals surface area contributed by atoms with E-state index in [0.29, 0.717) is 12.6 Å². The van der Waals surface area contributed by atoms with Crippen molar-refractivity contribution in [1.82, 2.24) is 5.32 Å². The zero-order chi connectivity index (χ0) is 9.52. The second-order valence-corrected chi connectivity index (χ2v) is 4.28. The summed E-state index contributed by atoms with van der Waals surface area (Å²) < 4.78 is 11.9. The molecule has 1 fully saturated rings. The van der Waals surface area contributed by atoms with Crippen LogP contribution < -0.4 is 5.32 Å². The lowest BCUT2D eigenvalue weighted by molar-refractivity contribution is 0.301. The molecule has 1 nitrogen and oxygen atoms in total. The molecule has 1 N–H and O–H groups in total. The Kier molecular flexibility index (Phi) is 5.37. The summed E-state index contributed by atoms with van der Waals surface area (Å²) in [5, 5.41) is 3.20. The van der Waals surface area contributed by atoms with Crippen LogP contribution >= 0.6 is 0 Å². The van der Waals surface area contributed by atoms with Gasteiger partial charge < -0.3 is 5.32 Å². The molecule has 0 spiro atoms. The van der Waals surface area contributed by atoms with Crippen LogP contribution in [0.25, 0.3) is 0 Å². The maximum Gasteiger partial charge on any atom is 0.102 e. The summed E-state index contributed by atoms with van der Waals surface area (Å²) in [7, 11) is 0. The first-order valence-corrected chi connectivity index (χ1v) is 5.62. The van der Waals surface area contributed by atoms with E-state index in [1.807, 2.05) is 0 Å². The standard InChI is InChI=1S/C11H22FN/c1-10(13-8-7-12)9-11-5-3-2-4-6-11/h10-11,13H,2-9H2,1H3. The van der Waals surface area contributed by atoms with Crippen molar-refractivity contribution in [3.63, 3.8) is 0 Å². The minimum atomic E-state index is -0.241. The van der Waals surface area contributed by atoms with E-state index in [9.17, 15) is 4.39 Å². The van der Waals surface area contributed by atoms with Gasteiger partial charge in [0.05, 0.1) is 0 Å². The first-order valence-electron chi connectivity index (χ1n) is 5.62. The van der Waals surface area contributed by atoms with Crippen molar-refractivity contribution in [3.8, 4) is 0 Å². The van der Waals surface area contributed by atoms with Crippen molar-refractivity contribution in [1.29, 1.82) is 0 Å². The van der Waals surface area contributed by atoms with Gasteiger partial charge in [-0.15, -0.1) is 0 Å². The van der Waals surface area contributed by atoms with Gasteiger partial charge in [-0.2, -0.15) is 0 Å². The Labute approximate surface area is 81.1 Å². The van der Waals surface area contributed by atoms with Gasteiger partial charge in [0.25, 0.3) is 0 Å². The van der Waals surface area contributed by atoms with Crippen molar-refractivity contribution in [2.75, 3.05) is 13.2 Å². The van der Waals surface area contributed by atoms with E-state index in [-0.39, 0.29) is 6.67 Å². The quantitative estimate of drug-likeness (QED) is 0.698. The molecule has 2 heteroatoms. The zero-order valence-corrected chi connectivity index (χ0v) is 8.69. The Hall–Kier alpha value is -0.110. The SMILES string of the molecule is CC(CC1CCCCC1)NCCF. The fraction of sp³-hybridized carbons (Fsp3) is 1.00. The number of halogens is 1. The van der Waals surface area contributed by atoms with Gasteiger partial charge in [-0.1, -0.05) is 32.1 Å². The highest BCUT2D eigenvalue weighted by Crippen LogP contribution is 2.27. The first-order chi connectivity index (χ1) is 6.33. The molecule has 0 saturated heterocycles. The largest absolute Gasteiger partial charge is 0.312 e. The average molecular weight is 187 g/mol. The van der Waals surface area contributed by atoms with Gasteiger partial charge in [0, 0.05) is 12.6 Å². The van der Waals surface area contributed by atoms with Crippen LogP contribution in [0.2, 0.25) is 0 Å². The maximum absolute atomic E-state index is 11.9. The number of alkyl halides is 1. The van der Waals surface area contributed by atoms with Gasteiger partial charge in [0.15, 0.2) is 0 Å². The molecule has 1 atom stereocenters. The Morgan fingerprint density at radius 3 is 2.62 bits per heavy atom. The van der Waals surface area contributed by atoms with Crippen LogP contribution in [0.3, 0.4) is 0 Å². The van der Waals surface area contributed by atoms with Crippen LogP contribution in [0.1, 0.15) is 45.4 Å². The van der Waals surface area contributed by atoms with E-state index in [4.69, 9.17) is 0 Å². The van der Waals surface area contributed by atoms with Crippen molar-refractivity contribution in [3.05, 3.63) is 0 Å². The van der Waals surface area contributed by atoms with Crippen molar-refractivity contribution < 1.29 is 4.39 Å². The van der Waals surface area contributed by atoms with Crippen LogP contribution in [-0.4, -0.2) is 19.3 Å². The molecule has 0 heterocycles. The normalized spacial score (nSPS) is 21.7. The molecule has 0 bridgehead atoms. The highest BCUT2D eigenvalue weighted by atomic mass is 19.1. The summed E-state index contributed by atoms with van der Waals surface area (Å²) in [6, 6.07) is 0.499. The molecule has 0 aliphatic heterocycles. The lowest BCUT2D eigenvalue weighted by Crippen LogP contribution is -2.30. The fourth-order valence-corrected chi connectivity index (χ4v) is 2.31. The van der Waals surface area contributed by atoms with Crippen LogP contribution in [0.15, 0.2) is 0 Å². The number of nitrogens with one attached hydrogen (secondary N) is 1. The third-order valence-electron chi connectivity index (χ3n) is 3.00.